The zero-order chi connectivity index (χ0) is 7.40. The molecular formula is C9H12Si. The van der Waals surface area contributed by atoms with Crippen LogP contribution in [0.2, 0.25) is 5.54 Å². The monoisotopic (exact) mass is 148 g/mol. The van der Waals surface area contributed by atoms with E-state index in [1.807, 2.05) is 12.2 Å². The zero-order valence-corrected chi connectivity index (χ0v) is 7.19. The molecule has 0 atom stereocenters. The first kappa shape index (κ1) is 7.29. The molecule has 0 saturated carbocycles. The summed E-state index contributed by atoms with van der Waals surface area (Å²) in [7, 11) is -0.793. The van der Waals surface area contributed by atoms with E-state index >= 15 is 0 Å². The Morgan fingerprint density at radius 2 is 1.60 bits per heavy atom. The van der Waals surface area contributed by atoms with E-state index in [9.17, 15) is 0 Å². The highest BCUT2D eigenvalue weighted by molar-refractivity contribution is 6.72. The lowest BCUT2D eigenvalue weighted by Gasteiger charge is -2.08. The van der Waals surface area contributed by atoms with Crippen molar-refractivity contribution in [3.8, 4) is 0 Å². The van der Waals surface area contributed by atoms with Gasteiger partial charge in [-0.1, -0.05) is 35.7 Å². The highest BCUT2D eigenvalue weighted by atomic mass is 28.3. The smallest absolute Gasteiger partial charge is 0.0956 e. The van der Waals surface area contributed by atoms with Crippen LogP contribution >= 0.6 is 0 Å². The minimum Gasteiger partial charge on any atom is -0.103 e. The molecular weight excluding hydrogens is 136 g/mol. The van der Waals surface area contributed by atoms with Crippen LogP contribution in [0.1, 0.15) is 0 Å². The highest BCUT2D eigenvalue weighted by Crippen LogP contribution is 2.17. The minimum absolute atomic E-state index is 0.537. The fraction of sp³-hybridized carbons (Fsp3) is 0.111. The summed E-state index contributed by atoms with van der Waals surface area (Å²) in [4.78, 5) is 0. The predicted octanol–water partition coefficient (Wildman–Crippen LogP) is 2.16. The average molecular weight is 148 g/mol. The van der Waals surface area contributed by atoms with Gasteiger partial charge in [0.25, 0.3) is 0 Å². The maximum Gasteiger partial charge on any atom is 0.0956 e. The summed E-state index contributed by atoms with van der Waals surface area (Å²) < 4.78 is 0. The topological polar surface area (TPSA) is 0 Å². The predicted molar refractivity (Wildman–Crippen MR) is 49.6 cm³/mol. The Labute approximate surface area is 63.9 Å². The second-order valence-corrected chi connectivity index (χ2v) is 5.09. The number of hydrogen-bond donors (Lipinski definition) is 0. The Morgan fingerprint density at radius 1 is 1.10 bits per heavy atom. The molecule has 0 aromatic heterocycles. The first-order valence-corrected chi connectivity index (χ1v) is 5.48. The van der Waals surface area contributed by atoms with Crippen molar-refractivity contribution in [3.05, 3.63) is 48.9 Å². The largest absolute Gasteiger partial charge is 0.103 e. The van der Waals surface area contributed by atoms with Crippen LogP contribution in [0, 0.1) is 0 Å². The maximum absolute atomic E-state index is 3.77. The summed E-state index contributed by atoms with van der Waals surface area (Å²) in [5.74, 6) is 0. The molecule has 52 valence electrons. The van der Waals surface area contributed by atoms with Crippen molar-refractivity contribution < 1.29 is 0 Å². The molecule has 0 aromatic rings. The van der Waals surface area contributed by atoms with Crippen molar-refractivity contribution in [1.29, 1.82) is 0 Å². The Kier molecular flexibility index (Phi) is 2.46. The molecule has 10 heavy (non-hydrogen) atoms. The van der Waals surface area contributed by atoms with E-state index in [4.69, 9.17) is 0 Å². The van der Waals surface area contributed by atoms with Gasteiger partial charge in [-0.3, -0.25) is 0 Å². The molecule has 1 aliphatic heterocycles. The van der Waals surface area contributed by atoms with Crippen molar-refractivity contribution in [2.24, 2.45) is 0 Å². The van der Waals surface area contributed by atoms with Crippen LogP contribution in [-0.2, 0) is 0 Å². The molecule has 1 rings (SSSR count). The Hall–Kier alpha value is -0.823. The van der Waals surface area contributed by atoms with Crippen molar-refractivity contribution >= 4 is 8.80 Å². The fourth-order valence-corrected chi connectivity index (χ4v) is 3.16. The molecule has 0 nitrogen and oxygen atoms in total. The molecule has 0 bridgehead atoms. The molecule has 0 aromatic carbocycles. The maximum atomic E-state index is 3.77. The molecule has 0 radical (unpaired) electrons. The SMILES string of the molecule is C=CC(C=C)[SiH]1C=CC=C1. The van der Waals surface area contributed by atoms with Gasteiger partial charge in [0.2, 0.25) is 0 Å². The Balaban J connectivity index is 2.61. The van der Waals surface area contributed by atoms with Gasteiger partial charge in [0.15, 0.2) is 0 Å². The molecule has 1 heterocycles. The third-order valence-corrected chi connectivity index (χ3v) is 4.53. The van der Waals surface area contributed by atoms with Crippen LogP contribution < -0.4 is 0 Å². The van der Waals surface area contributed by atoms with Gasteiger partial charge in [-0.2, -0.15) is 0 Å². The number of hydrogen-bond acceptors (Lipinski definition) is 0. The van der Waals surface area contributed by atoms with Gasteiger partial charge in [0, 0.05) is 0 Å². The molecule has 0 fully saturated rings. The van der Waals surface area contributed by atoms with Crippen LogP contribution in [0.15, 0.2) is 48.9 Å². The minimum atomic E-state index is -0.793. The Morgan fingerprint density at radius 3 is 2.00 bits per heavy atom. The van der Waals surface area contributed by atoms with Crippen molar-refractivity contribution in [2.45, 2.75) is 5.54 Å². The van der Waals surface area contributed by atoms with Gasteiger partial charge in [-0.05, 0) is 5.54 Å². The van der Waals surface area contributed by atoms with Gasteiger partial charge in [0.05, 0.1) is 8.80 Å². The third kappa shape index (κ3) is 1.36. The van der Waals surface area contributed by atoms with Crippen LogP contribution in [0.3, 0.4) is 0 Å². The lowest BCUT2D eigenvalue weighted by molar-refractivity contribution is 1.36. The summed E-state index contributed by atoms with van der Waals surface area (Å²) in [5.41, 5.74) is 5.14. The fourth-order valence-electron chi connectivity index (χ4n) is 1.12. The standard InChI is InChI=1S/C9H12Si/c1-3-9(4-2)10-7-5-6-8-10/h3-10H,1-2H2. The first-order chi connectivity index (χ1) is 4.88. The lowest BCUT2D eigenvalue weighted by Crippen LogP contribution is -2.09. The second-order valence-electron chi connectivity index (χ2n) is 2.40. The second kappa shape index (κ2) is 3.37. The summed E-state index contributed by atoms with van der Waals surface area (Å²) in [5, 5.41) is 0. The quantitative estimate of drug-likeness (QED) is 0.425. The zero-order valence-electron chi connectivity index (χ0n) is 6.03. The van der Waals surface area contributed by atoms with Gasteiger partial charge in [-0.15, -0.1) is 13.2 Å². The molecule has 0 N–H and O–H groups in total. The van der Waals surface area contributed by atoms with Crippen LogP contribution in [0.25, 0.3) is 0 Å². The molecule has 0 spiro atoms. The third-order valence-electron chi connectivity index (χ3n) is 1.77. The van der Waals surface area contributed by atoms with E-state index in [0.717, 1.165) is 0 Å². The van der Waals surface area contributed by atoms with E-state index in [0.29, 0.717) is 5.54 Å². The first-order valence-electron chi connectivity index (χ1n) is 3.48. The van der Waals surface area contributed by atoms with Gasteiger partial charge >= 0.3 is 0 Å². The molecule has 1 heteroatoms. The molecule has 0 aliphatic carbocycles. The van der Waals surface area contributed by atoms with Crippen LogP contribution in [0.4, 0.5) is 0 Å². The van der Waals surface area contributed by atoms with Crippen molar-refractivity contribution in [2.75, 3.05) is 0 Å². The summed E-state index contributed by atoms with van der Waals surface area (Å²) in [6.07, 6.45) is 8.22. The van der Waals surface area contributed by atoms with E-state index in [2.05, 4.69) is 36.7 Å². The molecule has 0 unspecified atom stereocenters. The van der Waals surface area contributed by atoms with E-state index in [1.54, 1.807) is 0 Å². The summed E-state index contributed by atoms with van der Waals surface area (Å²) in [6.45, 7) is 7.54. The molecule has 0 saturated heterocycles. The lowest BCUT2D eigenvalue weighted by atomic mass is 10.4. The van der Waals surface area contributed by atoms with E-state index < -0.39 is 8.80 Å². The highest BCUT2D eigenvalue weighted by Gasteiger charge is 2.12. The Bertz CT molecular complexity index is 169. The molecule has 1 aliphatic rings. The number of rotatable bonds is 3. The van der Waals surface area contributed by atoms with Crippen LogP contribution in [0.5, 0.6) is 0 Å². The van der Waals surface area contributed by atoms with Gasteiger partial charge in [0.1, 0.15) is 0 Å². The van der Waals surface area contributed by atoms with E-state index in [-0.39, 0.29) is 0 Å². The molecule has 0 amide bonds. The van der Waals surface area contributed by atoms with Crippen LogP contribution in [-0.4, -0.2) is 8.80 Å². The van der Waals surface area contributed by atoms with Gasteiger partial charge in [-0.25, -0.2) is 0 Å². The number of allylic oxidation sites excluding steroid dienone is 4. The van der Waals surface area contributed by atoms with Gasteiger partial charge < -0.3 is 0 Å². The summed E-state index contributed by atoms with van der Waals surface area (Å²) >= 11 is 0. The normalized spacial score (nSPS) is 16.5. The van der Waals surface area contributed by atoms with Crippen molar-refractivity contribution in [3.63, 3.8) is 0 Å². The average Bonchev–Trinajstić information content (AvgIpc) is 2.43. The van der Waals surface area contributed by atoms with Crippen molar-refractivity contribution in [1.82, 2.24) is 0 Å². The van der Waals surface area contributed by atoms with E-state index in [1.165, 1.54) is 0 Å². The summed E-state index contributed by atoms with van der Waals surface area (Å²) in [6, 6.07) is 0.